The highest BCUT2D eigenvalue weighted by molar-refractivity contribution is 5.26. The Morgan fingerprint density at radius 3 is 2.67 bits per heavy atom. The lowest BCUT2D eigenvalue weighted by molar-refractivity contribution is 0.585. The molecule has 0 saturated heterocycles. The second-order valence-corrected chi connectivity index (χ2v) is 3.00. The van der Waals surface area contributed by atoms with Crippen molar-refractivity contribution in [2.75, 3.05) is 0 Å². The van der Waals surface area contributed by atoms with Crippen LogP contribution in [0.2, 0.25) is 0 Å². The molecule has 1 unspecified atom stereocenters. The lowest BCUT2D eigenvalue weighted by Crippen LogP contribution is -2.34. The highest BCUT2D eigenvalue weighted by atomic mass is 14.7. The molecule has 0 aromatic carbocycles. The fourth-order valence-corrected chi connectivity index (χ4v) is 1.13. The minimum absolute atomic E-state index is 0.0984. The van der Waals surface area contributed by atoms with Crippen LogP contribution in [-0.2, 0) is 0 Å². The van der Waals surface area contributed by atoms with E-state index in [-0.39, 0.29) is 5.54 Å². The van der Waals surface area contributed by atoms with Crippen molar-refractivity contribution in [1.29, 1.82) is 0 Å². The van der Waals surface area contributed by atoms with Gasteiger partial charge in [0.05, 0.1) is 0 Å². The lowest BCUT2D eigenvalue weighted by Gasteiger charge is -2.21. The molecule has 0 amide bonds. The number of hydrogen-bond acceptors (Lipinski definition) is 1. The maximum atomic E-state index is 5.84. The maximum Gasteiger partial charge on any atom is 0.0351 e. The van der Waals surface area contributed by atoms with E-state index in [1.54, 1.807) is 0 Å². The summed E-state index contributed by atoms with van der Waals surface area (Å²) in [5.74, 6) is 0. The molecule has 1 atom stereocenters. The van der Waals surface area contributed by atoms with Crippen molar-refractivity contribution in [1.82, 2.24) is 0 Å². The largest absolute Gasteiger partial charge is 0.322 e. The monoisotopic (exact) mass is 123 g/mol. The highest BCUT2D eigenvalue weighted by Gasteiger charge is 2.14. The van der Waals surface area contributed by atoms with Crippen molar-refractivity contribution >= 4 is 0 Å². The van der Waals surface area contributed by atoms with Crippen LogP contribution in [0.3, 0.4) is 0 Å². The topological polar surface area (TPSA) is 26.0 Å². The Bertz CT molecular complexity index is 163. The predicted molar refractivity (Wildman–Crippen MR) is 40.1 cm³/mol. The smallest absolute Gasteiger partial charge is 0.0351 e. The van der Waals surface area contributed by atoms with Gasteiger partial charge in [-0.15, -0.1) is 0 Å². The summed E-state index contributed by atoms with van der Waals surface area (Å²) >= 11 is 0. The Labute approximate surface area is 56.2 Å². The molecule has 0 heterocycles. The average Bonchev–Trinajstić information content (AvgIpc) is 1.60. The molecule has 1 aliphatic carbocycles. The zero-order chi connectivity index (χ0) is 6.91. The zero-order valence-electron chi connectivity index (χ0n) is 6.02. The first kappa shape index (κ1) is 6.56. The summed E-state index contributed by atoms with van der Waals surface area (Å²) in [5.41, 5.74) is 7.01. The van der Waals surface area contributed by atoms with Crippen LogP contribution < -0.4 is 5.73 Å². The Hall–Kier alpha value is -0.560. The molecule has 0 aromatic rings. The summed E-state index contributed by atoms with van der Waals surface area (Å²) in [5, 5.41) is 0. The van der Waals surface area contributed by atoms with Gasteiger partial charge in [-0.25, -0.2) is 0 Å². The minimum atomic E-state index is -0.0984. The van der Waals surface area contributed by atoms with Crippen LogP contribution in [-0.4, -0.2) is 5.54 Å². The third kappa shape index (κ3) is 1.68. The second kappa shape index (κ2) is 1.99. The Morgan fingerprint density at radius 2 is 2.33 bits per heavy atom. The average molecular weight is 123 g/mol. The van der Waals surface area contributed by atoms with Gasteiger partial charge < -0.3 is 5.73 Å². The summed E-state index contributed by atoms with van der Waals surface area (Å²) in [7, 11) is 0. The highest BCUT2D eigenvalue weighted by Crippen LogP contribution is 2.17. The van der Waals surface area contributed by atoms with Gasteiger partial charge in [0.2, 0.25) is 0 Å². The van der Waals surface area contributed by atoms with Crippen molar-refractivity contribution in [3.8, 4) is 0 Å². The molecular formula is C8H13N. The molecule has 9 heavy (non-hydrogen) atoms. The van der Waals surface area contributed by atoms with Gasteiger partial charge in [0.1, 0.15) is 0 Å². The van der Waals surface area contributed by atoms with Gasteiger partial charge in [-0.05, 0) is 20.3 Å². The first-order valence-electron chi connectivity index (χ1n) is 3.25. The molecule has 0 saturated carbocycles. The van der Waals surface area contributed by atoms with Crippen molar-refractivity contribution in [2.24, 2.45) is 5.73 Å². The van der Waals surface area contributed by atoms with E-state index in [4.69, 9.17) is 5.73 Å². The number of allylic oxidation sites excluding steroid dienone is 2. The van der Waals surface area contributed by atoms with Crippen molar-refractivity contribution in [3.05, 3.63) is 23.8 Å². The van der Waals surface area contributed by atoms with Crippen molar-refractivity contribution in [2.45, 2.75) is 25.8 Å². The van der Waals surface area contributed by atoms with Crippen LogP contribution >= 0.6 is 0 Å². The molecule has 0 radical (unpaired) electrons. The second-order valence-electron chi connectivity index (χ2n) is 3.00. The summed E-state index contributed by atoms with van der Waals surface area (Å²) in [6.45, 7) is 4.11. The summed E-state index contributed by atoms with van der Waals surface area (Å²) in [4.78, 5) is 0. The van der Waals surface area contributed by atoms with E-state index < -0.39 is 0 Å². The van der Waals surface area contributed by atoms with E-state index in [2.05, 4.69) is 25.2 Å². The van der Waals surface area contributed by atoms with E-state index in [0.717, 1.165) is 6.42 Å². The predicted octanol–water partition coefficient (Wildman–Crippen LogP) is 1.61. The fourth-order valence-electron chi connectivity index (χ4n) is 1.13. The van der Waals surface area contributed by atoms with Crippen molar-refractivity contribution < 1.29 is 0 Å². The molecule has 1 heteroatoms. The first-order valence-corrected chi connectivity index (χ1v) is 3.25. The van der Waals surface area contributed by atoms with Crippen LogP contribution in [0.5, 0.6) is 0 Å². The quantitative estimate of drug-likeness (QED) is 0.520. The number of hydrogen-bond donors (Lipinski definition) is 1. The fraction of sp³-hybridized carbons (Fsp3) is 0.500. The van der Waals surface area contributed by atoms with Crippen LogP contribution in [0, 0.1) is 0 Å². The Kier molecular flexibility index (Phi) is 1.45. The van der Waals surface area contributed by atoms with Crippen LogP contribution in [0.25, 0.3) is 0 Å². The maximum absolute atomic E-state index is 5.84. The van der Waals surface area contributed by atoms with Gasteiger partial charge in [-0.2, -0.15) is 0 Å². The zero-order valence-corrected chi connectivity index (χ0v) is 6.02. The SMILES string of the molecule is CC1=CC(C)(N)CC=C1. The van der Waals surface area contributed by atoms with E-state index in [9.17, 15) is 0 Å². The van der Waals surface area contributed by atoms with E-state index >= 15 is 0 Å². The molecule has 1 aliphatic rings. The Balaban J connectivity index is 2.78. The molecule has 0 fully saturated rings. The molecule has 0 aromatic heterocycles. The Morgan fingerprint density at radius 1 is 1.67 bits per heavy atom. The van der Waals surface area contributed by atoms with Gasteiger partial charge in [0, 0.05) is 5.54 Å². The van der Waals surface area contributed by atoms with E-state index in [1.165, 1.54) is 5.57 Å². The third-order valence-corrected chi connectivity index (χ3v) is 1.50. The molecule has 1 rings (SSSR count). The molecule has 0 spiro atoms. The standard InChI is InChI=1S/C8H13N/c1-7-4-3-5-8(2,9)6-7/h3-4,6H,5,9H2,1-2H3. The van der Waals surface area contributed by atoms with Gasteiger partial charge >= 0.3 is 0 Å². The lowest BCUT2D eigenvalue weighted by atomic mass is 9.92. The molecular weight excluding hydrogens is 110 g/mol. The minimum Gasteiger partial charge on any atom is -0.322 e. The molecule has 1 nitrogen and oxygen atoms in total. The van der Waals surface area contributed by atoms with Gasteiger partial charge in [-0.1, -0.05) is 23.8 Å². The summed E-state index contributed by atoms with van der Waals surface area (Å²) < 4.78 is 0. The van der Waals surface area contributed by atoms with Gasteiger partial charge in [0.25, 0.3) is 0 Å². The van der Waals surface area contributed by atoms with Gasteiger partial charge in [-0.3, -0.25) is 0 Å². The van der Waals surface area contributed by atoms with Crippen LogP contribution in [0.15, 0.2) is 23.8 Å². The van der Waals surface area contributed by atoms with Gasteiger partial charge in [0.15, 0.2) is 0 Å². The summed E-state index contributed by atoms with van der Waals surface area (Å²) in [6, 6.07) is 0. The first-order chi connectivity index (χ1) is 4.10. The molecule has 0 aliphatic heterocycles. The molecule has 2 N–H and O–H groups in total. The van der Waals surface area contributed by atoms with Crippen LogP contribution in [0.4, 0.5) is 0 Å². The normalized spacial score (nSPS) is 34.3. The summed E-state index contributed by atoms with van der Waals surface area (Å²) in [6.07, 6.45) is 7.29. The van der Waals surface area contributed by atoms with E-state index in [1.807, 2.05) is 6.92 Å². The van der Waals surface area contributed by atoms with Crippen LogP contribution in [0.1, 0.15) is 20.3 Å². The third-order valence-electron chi connectivity index (χ3n) is 1.50. The van der Waals surface area contributed by atoms with E-state index in [0.29, 0.717) is 0 Å². The van der Waals surface area contributed by atoms with Crippen molar-refractivity contribution in [3.63, 3.8) is 0 Å². The number of rotatable bonds is 0. The molecule has 50 valence electrons. The number of nitrogens with two attached hydrogens (primary N) is 1. The molecule has 0 bridgehead atoms.